The SMILES string of the molecule is Cc1sc(C(=O)O)c(C)c1C1=C2C=CC(=[N+](C)C)C=C2[Si](C)(C)c2cc(N(C)C)ccc21. The molecule has 1 aliphatic heterocycles. The minimum absolute atomic E-state index is 0.435. The topological polar surface area (TPSA) is 43.5 Å². The minimum atomic E-state index is -2.00. The van der Waals surface area contributed by atoms with Crippen molar-refractivity contribution >= 4 is 47.5 Å². The lowest BCUT2D eigenvalue weighted by Gasteiger charge is -2.38. The van der Waals surface area contributed by atoms with Gasteiger partial charge in [0.05, 0.1) is 0 Å². The molecule has 0 saturated carbocycles. The van der Waals surface area contributed by atoms with Crippen LogP contribution in [0.2, 0.25) is 13.1 Å². The summed E-state index contributed by atoms with van der Waals surface area (Å²) in [6.45, 7) is 8.85. The molecule has 6 heteroatoms. The number of carbonyl (C=O) groups is 1. The second-order valence-corrected chi connectivity index (χ2v) is 15.1. The molecule has 166 valence electrons. The molecule has 0 fully saturated rings. The third-order valence-corrected chi connectivity index (χ3v) is 11.4. The molecule has 1 aromatic heterocycles. The number of anilines is 1. The van der Waals surface area contributed by atoms with Gasteiger partial charge in [-0.2, -0.15) is 0 Å². The fourth-order valence-corrected chi connectivity index (χ4v) is 8.95. The van der Waals surface area contributed by atoms with Crippen LogP contribution in [0.25, 0.3) is 5.57 Å². The number of aryl methyl sites for hydroxylation is 1. The average Bonchev–Trinajstić information content (AvgIpc) is 3.02. The van der Waals surface area contributed by atoms with Crippen LogP contribution in [0.4, 0.5) is 5.69 Å². The van der Waals surface area contributed by atoms with Crippen molar-refractivity contribution in [3.8, 4) is 0 Å². The van der Waals surface area contributed by atoms with Crippen molar-refractivity contribution in [1.29, 1.82) is 0 Å². The van der Waals surface area contributed by atoms with Gasteiger partial charge in [0.2, 0.25) is 0 Å². The van der Waals surface area contributed by atoms with Gasteiger partial charge in [-0.25, -0.2) is 9.37 Å². The van der Waals surface area contributed by atoms with Crippen LogP contribution in [-0.4, -0.2) is 57.6 Å². The van der Waals surface area contributed by atoms with Gasteiger partial charge < -0.3 is 10.0 Å². The number of carboxylic acids is 1. The van der Waals surface area contributed by atoms with Gasteiger partial charge in [0.25, 0.3) is 0 Å². The van der Waals surface area contributed by atoms with Gasteiger partial charge in [-0.05, 0) is 64.7 Å². The third kappa shape index (κ3) is 3.33. The van der Waals surface area contributed by atoms with Crippen LogP contribution >= 0.6 is 11.3 Å². The quantitative estimate of drug-likeness (QED) is 0.534. The van der Waals surface area contributed by atoms with E-state index >= 15 is 0 Å². The predicted molar refractivity (Wildman–Crippen MR) is 139 cm³/mol. The summed E-state index contributed by atoms with van der Waals surface area (Å²) in [5, 5.41) is 12.6. The van der Waals surface area contributed by atoms with E-state index < -0.39 is 14.0 Å². The lowest BCUT2D eigenvalue weighted by atomic mass is 9.87. The van der Waals surface area contributed by atoms with Crippen LogP contribution < -0.4 is 10.1 Å². The highest BCUT2D eigenvalue weighted by atomic mass is 32.1. The van der Waals surface area contributed by atoms with E-state index in [1.54, 1.807) is 0 Å². The maximum atomic E-state index is 11.9. The van der Waals surface area contributed by atoms with E-state index in [-0.39, 0.29) is 0 Å². The van der Waals surface area contributed by atoms with Gasteiger partial charge in [0.1, 0.15) is 27.0 Å². The summed E-state index contributed by atoms with van der Waals surface area (Å²) >= 11 is 1.38. The Morgan fingerprint density at radius 3 is 2.38 bits per heavy atom. The summed E-state index contributed by atoms with van der Waals surface area (Å²) in [6, 6.07) is 6.77. The molecule has 1 aliphatic carbocycles. The molecular formula is C26H31N2O2SSi+. The molecule has 2 heterocycles. The highest BCUT2D eigenvalue weighted by molar-refractivity contribution is 7.14. The first-order valence-corrected chi connectivity index (χ1v) is 14.6. The van der Waals surface area contributed by atoms with Gasteiger partial charge in [0.15, 0.2) is 5.71 Å². The summed E-state index contributed by atoms with van der Waals surface area (Å²) in [4.78, 5) is 15.5. The molecule has 0 unspecified atom stereocenters. The van der Waals surface area contributed by atoms with Crippen molar-refractivity contribution < 1.29 is 14.5 Å². The fraction of sp³-hybridized carbons (Fsp3) is 0.308. The van der Waals surface area contributed by atoms with Crippen LogP contribution in [0, 0.1) is 13.8 Å². The van der Waals surface area contributed by atoms with E-state index in [0.717, 1.165) is 16.0 Å². The van der Waals surface area contributed by atoms with Crippen LogP contribution in [0.15, 0.2) is 47.2 Å². The number of rotatable bonds is 3. The Morgan fingerprint density at radius 2 is 1.81 bits per heavy atom. The number of fused-ring (bicyclic) bond motifs is 2. The van der Waals surface area contributed by atoms with E-state index in [9.17, 15) is 9.90 Å². The molecule has 0 amide bonds. The zero-order chi connectivity index (χ0) is 23.5. The second-order valence-electron chi connectivity index (χ2n) is 9.54. The fourth-order valence-electron chi connectivity index (χ4n) is 4.88. The first-order valence-electron chi connectivity index (χ1n) is 10.8. The molecule has 0 atom stereocenters. The van der Waals surface area contributed by atoms with Crippen molar-refractivity contribution in [3.05, 3.63) is 73.6 Å². The standard InChI is InChI=1S/C26H30N2O2SSi/c1-15-23(16(2)31-25(15)26(29)30)24-19-11-9-17(27(3)4)13-21(19)32(7,8)22-14-18(28(5)6)10-12-20(22)24/h9-14H,1-8H3/p+1. The Morgan fingerprint density at radius 1 is 1.12 bits per heavy atom. The largest absolute Gasteiger partial charge is 0.477 e. The number of aromatic carboxylic acids is 1. The van der Waals surface area contributed by atoms with Crippen LogP contribution in [0.3, 0.4) is 0 Å². The molecule has 32 heavy (non-hydrogen) atoms. The number of benzene rings is 1. The molecule has 1 aromatic carbocycles. The van der Waals surface area contributed by atoms with Crippen molar-refractivity contribution in [2.75, 3.05) is 33.1 Å². The molecule has 2 aromatic rings. The van der Waals surface area contributed by atoms with Crippen LogP contribution in [0.5, 0.6) is 0 Å². The minimum Gasteiger partial charge on any atom is -0.477 e. The van der Waals surface area contributed by atoms with E-state index in [4.69, 9.17) is 0 Å². The average molecular weight is 464 g/mol. The molecular weight excluding hydrogens is 432 g/mol. The number of nitrogens with zero attached hydrogens (tertiary/aromatic N) is 2. The van der Waals surface area contributed by atoms with Crippen molar-refractivity contribution in [2.24, 2.45) is 0 Å². The highest BCUT2D eigenvalue weighted by Crippen LogP contribution is 2.45. The van der Waals surface area contributed by atoms with Gasteiger partial charge >= 0.3 is 5.97 Å². The first kappa shape index (κ1) is 22.5. The van der Waals surface area contributed by atoms with Gasteiger partial charge in [-0.15, -0.1) is 11.3 Å². The predicted octanol–water partition coefficient (Wildman–Crippen LogP) is 4.61. The number of thiophene rings is 1. The maximum Gasteiger partial charge on any atom is 0.346 e. The Balaban J connectivity index is 2.14. The van der Waals surface area contributed by atoms with Crippen LogP contribution in [0.1, 0.15) is 31.2 Å². The second kappa shape index (κ2) is 7.71. The van der Waals surface area contributed by atoms with E-state index in [1.165, 1.54) is 49.8 Å². The zero-order valence-electron chi connectivity index (χ0n) is 20.1. The van der Waals surface area contributed by atoms with E-state index in [1.807, 2.05) is 13.8 Å². The maximum absolute atomic E-state index is 11.9. The summed E-state index contributed by atoms with van der Waals surface area (Å²) in [5.41, 5.74) is 8.01. The molecule has 2 aliphatic rings. The number of carboxylic acid groups (broad SMARTS) is 1. The molecule has 0 bridgehead atoms. The Hall–Kier alpha value is -2.70. The highest BCUT2D eigenvalue weighted by Gasteiger charge is 2.41. The first-order chi connectivity index (χ1) is 14.9. The summed E-state index contributed by atoms with van der Waals surface area (Å²) in [6.07, 6.45) is 6.77. The molecule has 4 rings (SSSR count). The van der Waals surface area contributed by atoms with Crippen molar-refractivity contribution in [1.82, 2.24) is 0 Å². The van der Waals surface area contributed by atoms with Crippen molar-refractivity contribution in [2.45, 2.75) is 26.9 Å². The van der Waals surface area contributed by atoms with Crippen molar-refractivity contribution in [3.63, 3.8) is 0 Å². The van der Waals surface area contributed by atoms with Gasteiger partial charge in [-0.3, -0.25) is 0 Å². The molecule has 1 N–H and O–H groups in total. The third-order valence-electron chi connectivity index (χ3n) is 6.69. The lowest BCUT2D eigenvalue weighted by molar-refractivity contribution is -0.462. The number of hydrogen-bond donors (Lipinski definition) is 1. The monoisotopic (exact) mass is 463 g/mol. The van der Waals surface area contributed by atoms with Crippen LogP contribution in [-0.2, 0) is 0 Å². The number of hydrogen-bond acceptors (Lipinski definition) is 3. The Labute approximate surface area is 195 Å². The van der Waals surface area contributed by atoms with E-state index in [0.29, 0.717) is 4.88 Å². The normalized spacial score (nSPS) is 16.5. The Kier molecular flexibility index (Phi) is 5.42. The molecule has 0 radical (unpaired) electrons. The van der Waals surface area contributed by atoms with Gasteiger partial charge in [-0.1, -0.05) is 19.2 Å². The summed E-state index contributed by atoms with van der Waals surface area (Å²) in [5.74, 6) is -0.848. The van der Waals surface area contributed by atoms with E-state index in [2.05, 4.69) is 87.2 Å². The molecule has 4 nitrogen and oxygen atoms in total. The van der Waals surface area contributed by atoms with Gasteiger partial charge in [0, 0.05) is 42.4 Å². The zero-order valence-corrected chi connectivity index (χ0v) is 21.9. The number of allylic oxidation sites excluding steroid dienone is 5. The smallest absolute Gasteiger partial charge is 0.346 e. The summed E-state index contributed by atoms with van der Waals surface area (Å²) in [7, 11) is 6.31. The Bertz CT molecular complexity index is 1290. The summed E-state index contributed by atoms with van der Waals surface area (Å²) < 4.78 is 2.15. The molecule has 0 spiro atoms. The lowest BCUT2D eigenvalue weighted by Crippen LogP contribution is -2.49. The molecule has 0 saturated heterocycles.